The first-order chi connectivity index (χ1) is 21.2. The molecule has 1 saturated carbocycles. The Kier molecular flexibility index (Phi) is 11.6. The van der Waals surface area contributed by atoms with E-state index in [0.717, 1.165) is 53.8 Å². The van der Waals surface area contributed by atoms with Gasteiger partial charge in [-0.15, -0.1) is 0 Å². The van der Waals surface area contributed by atoms with E-state index in [-0.39, 0.29) is 30.3 Å². The lowest BCUT2D eigenvalue weighted by atomic mass is 9.87. The highest BCUT2D eigenvalue weighted by Crippen LogP contribution is 2.28. The molecule has 0 saturated heterocycles. The molecular weight excluding hydrogens is 629 g/mol. The van der Waals surface area contributed by atoms with Crippen molar-refractivity contribution in [2.75, 3.05) is 17.1 Å². The quantitative estimate of drug-likeness (QED) is 0.235. The smallest absolute Gasteiger partial charge is 0.244 e. The van der Waals surface area contributed by atoms with Crippen molar-refractivity contribution in [1.29, 1.82) is 0 Å². The average Bonchev–Trinajstić information content (AvgIpc) is 2.99. The normalized spacial score (nSPS) is 14.9. The first-order valence-corrected chi connectivity index (χ1v) is 18.0. The Morgan fingerprint density at radius 1 is 0.889 bits per heavy atom. The molecule has 4 rings (SSSR count). The van der Waals surface area contributed by atoms with Crippen LogP contribution in [0.15, 0.2) is 72.8 Å². The molecule has 0 radical (unpaired) electrons. The molecular formula is C35H43Cl2N3O4S. The van der Waals surface area contributed by atoms with E-state index < -0.39 is 28.5 Å². The summed E-state index contributed by atoms with van der Waals surface area (Å²) in [5.41, 5.74) is 2.83. The lowest BCUT2D eigenvalue weighted by molar-refractivity contribution is -0.140. The first kappa shape index (κ1) is 34.8. The van der Waals surface area contributed by atoms with Gasteiger partial charge in [-0.05, 0) is 59.2 Å². The molecule has 3 aromatic carbocycles. The molecule has 1 N–H and O–H groups in total. The highest BCUT2D eigenvalue weighted by molar-refractivity contribution is 7.92. The van der Waals surface area contributed by atoms with Crippen molar-refractivity contribution in [3.05, 3.63) is 99.5 Å². The third-order valence-electron chi connectivity index (χ3n) is 8.26. The monoisotopic (exact) mass is 671 g/mol. The standard InChI is InChI=1S/C35H43Cl2N3O4S/c1-35(2,3)27-16-18-29(19-17-27)40(45(4,43)44)24-33(41)39(23-26-15-20-30(36)31(37)21-26)32(22-25-11-7-5-8-12-25)34(42)38-28-13-9-6-10-14-28/h5,7-8,11-12,15-21,28,32H,6,9-10,13-14,22-24H2,1-4H3,(H,38,42). The van der Waals surface area contributed by atoms with Crippen molar-refractivity contribution in [3.8, 4) is 0 Å². The van der Waals surface area contributed by atoms with Gasteiger partial charge in [0.25, 0.3) is 0 Å². The number of nitrogens with zero attached hydrogens (tertiary/aromatic N) is 2. The molecule has 3 aromatic rings. The predicted octanol–water partition coefficient (Wildman–Crippen LogP) is 7.15. The summed E-state index contributed by atoms with van der Waals surface area (Å²) in [6.45, 7) is 5.78. The summed E-state index contributed by atoms with van der Waals surface area (Å²) in [5, 5.41) is 3.90. The molecule has 2 amide bonds. The summed E-state index contributed by atoms with van der Waals surface area (Å²) in [6.07, 6.45) is 6.33. The van der Waals surface area contributed by atoms with Crippen LogP contribution in [0, 0.1) is 0 Å². The average molecular weight is 673 g/mol. The van der Waals surface area contributed by atoms with Gasteiger partial charge >= 0.3 is 0 Å². The lowest BCUT2D eigenvalue weighted by Gasteiger charge is -2.35. The van der Waals surface area contributed by atoms with E-state index >= 15 is 0 Å². The molecule has 45 heavy (non-hydrogen) atoms. The Hall–Kier alpha value is -3.07. The maximum absolute atomic E-state index is 14.4. The number of rotatable bonds is 11. The lowest BCUT2D eigenvalue weighted by Crippen LogP contribution is -2.55. The fourth-order valence-corrected chi connectivity index (χ4v) is 6.84. The number of hydrogen-bond acceptors (Lipinski definition) is 4. The first-order valence-electron chi connectivity index (χ1n) is 15.4. The van der Waals surface area contributed by atoms with Gasteiger partial charge in [-0.3, -0.25) is 13.9 Å². The third-order valence-corrected chi connectivity index (χ3v) is 10.1. The van der Waals surface area contributed by atoms with Crippen molar-refractivity contribution < 1.29 is 18.0 Å². The second-order valence-electron chi connectivity index (χ2n) is 12.9. The molecule has 0 heterocycles. The van der Waals surface area contributed by atoms with E-state index in [4.69, 9.17) is 23.2 Å². The van der Waals surface area contributed by atoms with Gasteiger partial charge in [-0.1, -0.05) is 112 Å². The third kappa shape index (κ3) is 9.71. The Bertz CT molecular complexity index is 1570. The Morgan fingerprint density at radius 3 is 2.11 bits per heavy atom. The van der Waals surface area contributed by atoms with Crippen molar-refractivity contribution in [2.24, 2.45) is 0 Å². The highest BCUT2D eigenvalue weighted by Gasteiger charge is 2.34. The van der Waals surface area contributed by atoms with Crippen LogP contribution in [0.1, 0.15) is 69.6 Å². The molecule has 1 fully saturated rings. The van der Waals surface area contributed by atoms with Crippen molar-refractivity contribution >= 4 is 50.7 Å². The Labute approximate surface area is 278 Å². The molecule has 1 unspecified atom stereocenters. The van der Waals surface area contributed by atoms with Gasteiger partial charge < -0.3 is 10.2 Å². The molecule has 10 heteroatoms. The van der Waals surface area contributed by atoms with E-state index in [2.05, 4.69) is 26.1 Å². The van der Waals surface area contributed by atoms with Crippen LogP contribution in [0.2, 0.25) is 10.0 Å². The summed E-state index contributed by atoms with van der Waals surface area (Å²) in [5.74, 6) is -0.772. The number of halogens is 2. The minimum absolute atomic E-state index is 0.0281. The fraction of sp³-hybridized carbons (Fsp3) is 0.429. The van der Waals surface area contributed by atoms with E-state index in [1.165, 1.54) is 4.90 Å². The molecule has 0 aromatic heterocycles. The minimum atomic E-state index is -3.86. The van der Waals surface area contributed by atoms with Gasteiger partial charge in [0.05, 0.1) is 22.0 Å². The molecule has 0 bridgehead atoms. The van der Waals surface area contributed by atoms with Crippen LogP contribution in [0.5, 0.6) is 0 Å². The van der Waals surface area contributed by atoms with Crippen LogP contribution < -0.4 is 9.62 Å². The number of amides is 2. The maximum Gasteiger partial charge on any atom is 0.244 e. The summed E-state index contributed by atoms with van der Waals surface area (Å²) >= 11 is 12.5. The van der Waals surface area contributed by atoms with Crippen LogP contribution in [0.3, 0.4) is 0 Å². The summed E-state index contributed by atoms with van der Waals surface area (Å²) in [4.78, 5) is 29.9. The van der Waals surface area contributed by atoms with E-state index in [1.54, 1.807) is 30.3 Å². The predicted molar refractivity (Wildman–Crippen MR) is 183 cm³/mol. The van der Waals surface area contributed by atoms with E-state index in [1.807, 2.05) is 42.5 Å². The zero-order valence-corrected chi connectivity index (χ0v) is 28.8. The van der Waals surface area contributed by atoms with Crippen LogP contribution in [0.4, 0.5) is 5.69 Å². The van der Waals surface area contributed by atoms with Crippen molar-refractivity contribution in [1.82, 2.24) is 10.2 Å². The molecule has 1 aliphatic carbocycles. The van der Waals surface area contributed by atoms with Crippen LogP contribution in [-0.4, -0.2) is 50.0 Å². The summed E-state index contributed by atoms with van der Waals surface area (Å²) < 4.78 is 27.3. The van der Waals surface area contributed by atoms with Gasteiger partial charge in [0.15, 0.2) is 0 Å². The number of benzene rings is 3. The van der Waals surface area contributed by atoms with Gasteiger partial charge in [-0.25, -0.2) is 8.42 Å². The molecule has 1 aliphatic rings. The van der Waals surface area contributed by atoms with Crippen molar-refractivity contribution in [2.45, 2.75) is 83.3 Å². The van der Waals surface area contributed by atoms with Crippen LogP contribution in [-0.2, 0) is 38.0 Å². The SMILES string of the molecule is CC(C)(C)c1ccc(N(CC(=O)N(Cc2ccc(Cl)c(Cl)c2)C(Cc2ccccc2)C(=O)NC2CCCCC2)S(C)(=O)=O)cc1. The number of nitrogens with one attached hydrogen (secondary N) is 1. The number of carbonyl (C=O) groups excluding carboxylic acids is 2. The number of hydrogen-bond donors (Lipinski definition) is 1. The largest absolute Gasteiger partial charge is 0.352 e. The van der Waals surface area contributed by atoms with Crippen molar-refractivity contribution in [3.63, 3.8) is 0 Å². The van der Waals surface area contributed by atoms with Gasteiger partial charge in [0.2, 0.25) is 21.8 Å². The Balaban J connectivity index is 1.73. The second-order valence-corrected chi connectivity index (χ2v) is 15.6. The highest BCUT2D eigenvalue weighted by atomic mass is 35.5. The van der Waals surface area contributed by atoms with Crippen LogP contribution >= 0.6 is 23.2 Å². The summed E-state index contributed by atoms with van der Waals surface area (Å²) in [6, 6.07) is 20.9. The van der Waals surface area contributed by atoms with Gasteiger partial charge in [-0.2, -0.15) is 0 Å². The van der Waals surface area contributed by atoms with E-state index in [0.29, 0.717) is 21.3 Å². The molecule has 242 valence electrons. The molecule has 0 spiro atoms. The van der Waals surface area contributed by atoms with Gasteiger partial charge in [0.1, 0.15) is 12.6 Å². The second kappa shape index (κ2) is 15.0. The number of anilines is 1. The topological polar surface area (TPSA) is 86.8 Å². The molecule has 0 aliphatic heterocycles. The van der Waals surface area contributed by atoms with Crippen LogP contribution in [0.25, 0.3) is 0 Å². The fourth-order valence-electron chi connectivity index (χ4n) is 5.67. The Morgan fingerprint density at radius 2 is 1.53 bits per heavy atom. The summed E-state index contributed by atoms with van der Waals surface area (Å²) in [7, 11) is -3.86. The zero-order valence-electron chi connectivity index (χ0n) is 26.4. The number of carbonyl (C=O) groups is 2. The minimum Gasteiger partial charge on any atom is -0.352 e. The molecule has 7 nitrogen and oxygen atoms in total. The zero-order chi connectivity index (χ0) is 32.8. The maximum atomic E-state index is 14.4. The number of sulfonamides is 1. The van der Waals surface area contributed by atoms with E-state index in [9.17, 15) is 18.0 Å². The molecule has 1 atom stereocenters. The van der Waals surface area contributed by atoms with Gasteiger partial charge in [0, 0.05) is 19.0 Å².